The van der Waals surface area contributed by atoms with E-state index in [1.54, 1.807) is 12.1 Å². The summed E-state index contributed by atoms with van der Waals surface area (Å²) < 4.78 is 1.32. The van der Waals surface area contributed by atoms with Gasteiger partial charge in [-0.25, -0.2) is 0 Å². The van der Waals surface area contributed by atoms with Gasteiger partial charge in [0.05, 0.1) is 11.9 Å². The quantitative estimate of drug-likeness (QED) is 0.512. The van der Waals surface area contributed by atoms with Gasteiger partial charge in [-0.15, -0.1) is 0 Å². The Morgan fingerprint density at radius 2 is 1.91 bits per heavy atom. The average molecular weight is 293 g/mol. The van der Waals surface area contributed by atoms with Crippen LogP contribution in [-0.2, 0) is 0 Å². The molecule has 0 aliphatic rings. The number of nitrogens with one attached hydrogen (secondary N) is 2. The molecule has 3 aromatic rings. The number of benzene rings is 2. The SMILES string of the molecule is CN(c1ccccc1)c1nc(=N)n(C=N)c2cc(O)ccc12. The van der Waals surface area contributed by atoms with E-state index in [0.29, 0.717) is 11.3 Å². The summed E-state index contributed by atoms with van der Waals surface area (Å²) in [6, 6.07) is 14.6. The van der Waals surface area contributed by atoms with Crippen molar-refractivity contribution >= 4 is 28.7 Å². The number of fused-ring (bicyclic) bond motifs is 1. The highest BCUT2D eigenvalue weighted by atomic mass is 16.3. The van der Waals surface area contributed by atoms with Crippen molar-refractivity contribution in [2.24, 2.45) is 0 Å². The van der Waals surface area contributed by atoms with Crippen LogP contribution in [0.4, 0.5) is 11.5 Å². The molecule has 0 aliphatic carbocycles. The molecule has 0 unspecified atom stereocenters. The lowest BCUT2D eigenvalue weighted by atomic mass is 10.2. The molecule has 0 atom stereocenters. The molecule has 6 heteroatoms. The highest BCUT2D eigenvalue weighted by Crippen LogP contribution is 2.29. The number of aromatic nitrogens is 2. The van der Waals surface area contributed by atoms with E-state index in [9.17, 15) is 5.11 Å². The summed E-state index contributed by atoms with van der Waals surface area (Å²) in [5, 5.41) is 25.9. The molecule has 3 N–H and O–H groups in total. The fourth-order valence-corrected chi connectivity index (χ4v) is 2.40. The van der Waals surface area contributed by atoms with Gasteiger partial charge in [0.1, 0.15) is 11.6 Å². The lowest BCUT2D eigenvalue weighted by Crippen LogP contribution is -2.26. The van der Waals surface area contributed by atoms with Crippen LogP contribution in [0, 0.1) is 10.8 Å². The molecule has 0 fully saturated rings. The fourth-order valence-electron chi connectivity index (χ4n) is 2.40. The maximum absolute atomic E-state index is 9.70. The van der Waals surface area contributed by atoms with Gasteiger partial charge in [0.2, 0.25) is 5.62 Å². The Kier molecular flexibility index (Phi) is 3.34. The Morgan fingerprint density at radius 1 is 1.18 bits per heavy atom. The number of anilines is 2. The highest BCUT2D eigenvalue weighted by molar-refractivity contribution is 5.94. The van der Waals surface area contributed by atoms with Gasteiger partial charge < -0.3 is 10.0 Å². The molecule has 0 saturated carbocycles. The summed E-state index contributed by atoms with van der Waals surface area (Å²) in [5.74, 6) is 0.686. The smallest absolute Gasteiger partial charge is 0.229 e. The molecule has 1 aromatic heterocycles. The lowest BCUT2D eigenvalue weighted by Gasteiger charge is -2.21. The van der Waals surface area contributed by atoms with Crippen molar-refractivity contribution in [2.45, 2.75) is 0 Å². The summed E-state index contributed by atoms with van der Waals surface area (Å²) >= 11 is 0. The lowest BCUT2D eigenvalue weighted by molar-refractivity contribution is 0.476. The van der Waals surface area contributed by atoms with E-state index in [0.717, 1.165) is 17.4 Å². The molecular weight excluding hydrogens is 278 g/mol. The Labute approximate surface area is 126 Å². The maximum atomic E-state index is 9.70. The third-order valence-electron chi connectivity index (χ3n) is 3.51. The maximum Gasteiger partial charge on any atom is 0.229 e. The topological polar surface area (TPSA) is 89.0 Å². The second-order valence-electron chi connectivity index (χ2n) is 4.85. The Bertz CT molecular complexity index is 902. The number of phenols is 1. The first-order valence-corrected chi connectivity index (χ1v) is 6.71. The van der Waals surface area contributed by atoms with Gasteiger partial charge >= 0.3 is 0 Å². The van der Waals surface area contributed by atoms with Crippen LogP contribution < -0.4 is 10.5 Å². The van der Waals surface area contributed by atoms with Crippen molar-refractivity contribution in [3.05, 3.63) is 54.1 Å². The molecule has 0 bridgehead atoms. The summed E-state index contributed by atoms with van der Waals surface area (Å²) in [4.78, 5) is 6.18. The molecule has 0 aliphatic heterocycles. The van der Waals surface area contributed by atoms with Gasteiger partial charge in [0, 0.05) is 24.2 Å². The number of hydrogen-bond donors (Lipinski definition) is 3. The summed E-state index contributed by atoms with van der Waals surface area (Å²) in [6.45, 7) is 0. The van der Waals surface area contributed by atoms with Crippen LogP contribution in [0.25, 0.3) is 10.9 Å². The first-order valence-electron chi connectivity index (χ1n) is 6.71. The van der Waals surface area contributed by atoms with Gasteiger partial charge in [-0.1, -0.05) is 18.2 Å². The number of rotatable bonds is 3. The predicted molar refractivity (Wildman–Crippen MR) is 85.9 cm³/mol. The van der Waals surface area contributed by atoms with E-state index in [1.165, 1.54) is 10.6 Å². The first kappa shape index (κ1) is 13.8. The summed E-state index contributed by atoms with van der Waals surface area (Å²) in [5.41, 5.74) is 1.44. The van der Waals surface area contributed by atoms with Crippen molar-refractivity contribution in [1.82, 2.24) is 9.55 Å². The van der Waals surface area contributed by atoms with E-state index in [4.69, 9.17) is 10.8 Å². The molecule has 0 spiro atoms. The van der Waals surface area contributed by atoms with E-state index in [-0.39, 0.29) is 11.4 Å². The minimum Gasteiger partial charge on any atom is -0.508 e. The van der Waals surface area contributed by atoms with Gasteiger partial charge in [-0.3, -0.25) is 15.4 Å². The van der Waals surface area contributed by atoms with E-state index < -0.39 is 0 Å². The van der Waals surface area contributed by atoms with Crippen LogP contribution in [0.5, 0.6) is 5.75 Å². The van der Waals surface area contributed by atoms with Crippen molar-refractivity contribution in [3.8, 4) is 5.75 Å². The number of para-hydroxylation sites is 1. The molecule has 0 radical (unpaired) electrons. The second-order valence-corrected chi connectivity index (χ2v) is 4.85. The molecule has 3 rings (SSSR count). The molecular formula is C16H15N5O. The van der Waals surface area contributed by atoms with Crippen molar-refractivity contribution in [2.75, 3.05) is 11.9 Å². The van der Waals surface area contributed by atoms with Gasteiger partial charge in [-0.05, 0) is 24.3 Å². The number of aromatic hydroxyl groups is 1. The zero-order valence-electron chi connectivity index (χ0n) is 12.0. The van der Waals surface area contributed by atoms with Crippen LogP contribution >= 0.6 is 0 Å². The van der Waals surface area contributed by atoms with Crippen molar-refractivity contribution < 1.29 is 5.11 Å². The third kappa shape index (κ3) is 2.20. The number of phenolic OH excluding ortho intramolecular Hbond substituents is 1. The van der Waals surface area contributed by atoms with Gasteiger partial charge in [-0.2, -0.15) is 4.98 Å². The van der Waals surface area contributed by atoms with Gasteiger partial charge in [0.15, 0.2) is 0 Å². The minimum atomic E-state index is -0.0640. The van der Waals surface area contributed by atoms with Crippen LogP contribution in [-0.4, -0.2) is 28.0 Å². The molecule has 2 aromatic carbocycles. The van der Waals surface area contributed by atoms with Crippen LogP contribution in [0.2, 0.25) is 0 Å². The Hall–Kier alpha value is -3.15. The standard InChI is InChI=1S/C16H15N5O/c1-20(11-5-3-2-4-6-11)15-13-8-7-12(22)9-14(13)21(10-17)16(18)19-15/h2-10,17-18,22H,1H3. The van der Waals surface area contributed by atoms with E-state index >= 15 is 0 Å². The summed E-state index contributed by atoms with van der Waals surface area (Å²) in [7, 11) is 1.87. The predicted octanol–water partition coefficient (Wildman–Crippen LogP) is 2.44. The largest absolute Gasteiger partial charge is 0.508 e. The first-order chi connectivity index (χ1) is 10.6. The zero-order chi connectivity index (χ0) is 15.7. The second kappa shape index (κ2) is 5.33. The monoisotopic (exact) mass is 293 g/mol. The molecule has 1 heterocycles. The molecule has 6 nitrogen and oxygen atoms in total. The average Bonchev–Trinajstić information content (AvgIpc) is 2.54. The number of nitrogens with zero attached hydrogens (tertiary/aromatic N) is 3. The van der Waals surface area contributed by atoms with E-state index in [1.807, 2.05) is 42.3 Å². The Balaban J connectivity index is 2.31. The van der Waals surface area contributed by atoms with Crippen molar-refractivity contribution in [3.63, 3.8) is 0 Å². The Morgan fingerprint density at radius 3 is 2.59 bits per heavy atom. The van der Waals surface area contributed by atoms with Crippen LogP contribution in [0.15, 0.2) is 48.5 Å². The highest BCUT2D eigenvalue weighted by Gasteiger charge is 2.13. The normalized spacial score (nSPS) is 10.6. The third-order valence-corrected chi connectivity index (χ3v) is 3.51. The number of hydrogen-bond acceptors (Lipinski definition) is 5. The molecule has 22 heavy (non-hydrogen) atoms. The molecule has 110 valence electrons. The van der Waals surface area contributed by atoms with Crippen molar-refractivity contribution in [1.29, 1.82) is 10.8 Å². The summed E-state index contributed by atoms with van der Waals surface area (Å²) in [6.07, 6.45) is 1.02. The van der Waals surface area contributed by atoms with Gasteiger partial charge in [0.25, 0.3) is 0 Å². The van der Waals surface area contributed by atoms with E-state index in [2.05, 4.69) is 4.98 Å². The van der Waals surface area contributed by atoms with Crippen LogP contribution in [0.3, 0.4) is 0 Å². The minimum absolute atomic E-state index is 0.0640. The fraction of sp³-hybridized carbons (Fsp3) is 0.0625. The molecule has 0 saturated heterocycles. The molecule has 0 amide bonds. The zero-order valence-corrected chi connectivity index (χ0v) is 12.0. The van der Waals surface area contributed by atoms with Crippen LogP contribution in [0.1, 0.15) is 0 Å².